The molecule has 1 aromatic carbocycles. The van der Waals surface area contributed by atoms with Gasteiger partial charge in [-0.15, -0.1) is 0 Å². The van der Waals surface area contributed by atoms with Crippen molar-refractivity contribution in [2.45, 2.75) is 6.92 Å². The molecule has 2 heteroatoms. The molecule has 1 nitrogen and oxygen atoms in total. The van der Waals surface area contributed by atoms with Gasteiger partial charge < -0.3 is 4.81 Å². The van der Waals surface area contributed by atoms with Crippen molar-refractivity contribution in [2.24, 2.45) is 0 Å². The smallest absolute Gasteiger partial charge is 0.323 e. The fraction of sp³-hybridized carbons (Fsp3) is 0.0769. The SMILES string of the molecule is CC1=CC=CN2C=Cc3ccccc3B12. The number of hydrogen-bond acceptors (Lipinski definition) is 1. The molecule has 0 aliphatic carbocycles. The van der Waals surface area contributed by atoms with E-state index in [2.05, 4.69) is 66.6 Å². The summed E-state index contributed by atoms with van der Waals surface area (Å²) in [5, 5.41) is 0. The molecule has 2 aliphatic heterocycles. The summed E-state index contributed by atoms with van der Waals surface area (Å²) >= 11 is 0. The number of benzene rings is 1. The molecular weight excluding hydrogens is 181 g/mol. The van der Waals surface area contributed by atoms with E-state index in [9.17, 15) is 0 Å². The summed E-state index contributed by atoms with van der Waals surface area (Å²) in [6.07, 6.45) is 10.8. The van der Waals surface area contributed by atoms with E-state index in [1.54, 1.807) is 0 Å². The molecule has 0 unspecified atom stereocenters. The van der Waals surface area contributed by atoms with Gasteiger partial charge >= 0.3 is 6.85 Å². The van der Waals surface area contributed by atoms with E-state index in [1.165, 1.54) is 16.5 Å². The molecule has 2 heterocycles. The van der Waals surface area contributed by atoms with Crippen molar-refractivity contribution in [3.8, 4) is 0 Å². The Morgan fingerprint density at radius 3 is 2.93 bits per heavy atom. The standard InChI is InChI=1S/C13H12BN/c1-11-5-4-9-15-10-8-12-6-2-3-7-13(12)14(11)15/h2-10H,1H3. The molecule has 3 rings (SSSR count). The highest BCUT2D eigenvalue weighted by Gasteiger charge is 2.29. The van der Waals surface area contributed by atoms with E-state index in [0.717, 1.165) is 0 Å². The van der Waals surface area contributed by atoms with Crippen molar-refractivity contribution >= 4 is 18.4 Å². The van der Waals surface area contributed by atoms with Crippen LogP contribution in [0.4, 0.5) is 0 Å². The first-order chi connectivity index (χ1) is 7.36. The van der Waals surface area contributed by atoms with Crippen LogP contribution in [0.15, 0.2) is 54.3 Å². The maximum absolute atomic E-state index is 2.26. The van der Waals surface area contributed by atoms with Crippen molar-refractivity contribution in [1.82, 2.24) is 4.81 Å². The van der Waals surface area contributed by atoms with Crippen LogP contribution in [-0.4, -0.2) is 11.7 Å². The van der Waals surface area contributed by atoms with Gasteiger partial charge in [-0.2, -0.15) is 0 Å². The highest BCUT2D eigenvalue weighted by Crippen LogP contribution is 2.19. The van der Waals surface area contributed by atoms with Crippen LogP contribution in [0.3, 0.4) is 0 Å². The topological polar surface area (TPSA) is 3.24 Å². The van der Waals surface area contributed by atoms with Gasteiger partial charge in [-0.1, -0.05) is 35.8 Å². The lowest BCUT2D eigenvalue weighted by atomic mass is 9.46. The second-order valence-corrected chi connectivity index (χ2v) is 4.05. The molecule has 15 heavy (non-hydrogen) atoms. The number of allylic oxidation sites excluding steroid dienone is 3. The lowest BCUT2D eigenvalue weighted by molar-refractivity contribution is 0.791. The van der Waals surface area contributed by atoms with Crippen LogP contribution >= 0.6 is 0 Å². The van der Waals surface area contributed by atoms with Crippen molar-refractivity contribution in [3.05, 3.63) is 59.9 Å². The maximum atomic E-state index is 2.26. The van der Waals surface area contributed by atoms with E-state index in [-0.39, 0.29) is 0 Å². The summed E-state index contributed by atoms with van der Waals surface area (Å²) in [6.45, 7) is 2.59. The summed E-state index contributed by atoms with van der Waals surface area (Å²) < 4.78 is 0. The minimum Gasteiger partial charge on any atom is -0.389 e. The Morgan fingerprint density at radius 2 is 2.00 bits per heavy atom. The molecule has 0 fully saturated rings. The van der Waals surface area contributed by atoms with Crippen molar-refractivity contribution in [2.75, 3.05) is 0 Å². The maximum Gasteiger partial charge on any atom is 0.323 e. The highest BCUT2D eigenvalue weighted by atomic mass is 15.0. The molecule has 0 saturated heterocycles. The Hall–Kier alpha value is -1.70. The largest absolute Gasteiger partial charge is 0.389 e. The van der Waals surface area contributed by atoms with Crippen LogP contribution in [0.2, 0.25) is 0 Å². The van der Waals surface area contributed by atoms with Crippen molar-refractivity contribution in [3.63, 3.8) is 0 Å². The van der Waals surface area contributed by atoms with Gasteiger partial charge in [0.25, 0.3) is 0 Å². The zero-order chi connectivity index (χ0) is 10.3. The summed E-state index contributed by atoms with van der Waals surface area (Å²) in [6, 6.07) is 8.60. The third-order valence-corrected chi connectivity index (χ3v) is 3.06. The highest BCUT2D eigenvalue weighted by molar-refractivity contribution is 6.79. The molecule has 0 saturated carbocycles. The molecule has 0 bridgehead atoms. The summed E-state index contributed by atoms with van der Waals surface area (Å²) in [4.78, 5) is 2.26. The van der Waals surface area contributed by atoms with Gasteiger partial charge in [0, 0.05) is 0 Å². The molecule has 0 atom stereocenters. The Balaban J connectivity index is 2.18. The summed E-state index contributed by atoms with van der Waals surface area (Å²) in [5.41, 5.74) is 4.13. The quantitative estimate of drug-likeness (QED) is 0.571. The minimum absolute atomic E-state index is 0.399. The predicted molar refractivity (Wildman–Crippen MR) is 65.6 cm³/mol. The van der Waals surface area contributed by atoms with Gasteiger partial charge in [0.1, 0.15) is 0 Å². The second kappa shape index (κ2) is 3.16. The molecule has 2 aliphatic rings. The molecule has 0 radical (unpaired) electrons. The van der Waals surface area contributed by atoms with Crippen molar-refractivity contribution < 1.29 is 0 Å². The zero-order valence-corrected chi connectivity index (χ0v) is 8.72. The normalized spacial score (nSPS) is 17.3. The van der Waals surface area contributed by atoms with Gasteiger partial charge in [-0.25, -0.2) is 0 Å². The monoisotopic (exact) mass is 193 g/mol. The first-order valence-electron chi connectivity index (χ1n) is 5.26. The van der Waals surface area contributed by atoms with Crippen LogP contribution in [0.1, 0.15) is 12.5 Å². The molecule has 0 N–H and O–H groups in total. The summed E-state index contributed by atoms with van der Waals surface area (Å²) in [5.74, 6) is 0. The Bertz CT molecular complexity index is 485. The third kappa shape index (κ3) is 1.25. The van der Waals surface area contributed by atoms with Crippen LogP contribution < -0.4 is 5.46 Å². The molecule has 0 amide bonds. The average molecular weight is 193 g/mol. The Labute approximate surface area is 90.5 Å². The first kappa shape index (κ1) is 8.60. The number of hydrogen-bond donors (Lipinski definition) is 0. The fourth-order valence-corrected chi connectivity index (χ4v) is 2.33. The molecule has 0 aromatic heterocycles. The van der Waals surface area contributed by atoms with Crippen molar-refractivity contribution in [1.29, 1.82) is 0 Å². The van der Waals surface area contributed by atoms with Gasteiger partial charge in [0.05, 0.1) is 0 Å². The second-order valence-electron chi connectivity index (χ2n) is 4.05. The van der Waals surface area contributed by atoms with Gasteiger partial charge in [0.15, 0.2) is 0 Å². The van der Waals surface area contributed by atoms with E-state index >= 15 is 0 Å². The Morgan fingerprint density at radius 1 is 1.13 bits per heavy atom. The molecule has 0 spiro atoms. The van der Waals surface area contributed by atoms with Crippen LogP contribution in [-0.2, 0) is 0 Å². The zero-order valence-electron chi connectivity index (χ0n) is 8.72. The number of nitrogens with zero attached hydrogens (tertiary/aromatic N) is 1. The summed E-state index contributed by atoms with van der Waals surface area (Å²) in [7, 11) is 0. The molecule has 72 valence electrons. The lowest BCUT2D eigenvalue weighted by Crippen LogP contribution is -2.48. The van der Waals surface area contributed by atoms with Crippen LogP contribution in [0.5, 0.6) is 0 Å². The number of rotatable bonds is 0. The average Bonchev–Trinajstić information content (AvgIpc) is 2.29. The Kier molecular flexibility index (Phi) is 1.81. The van der Waals surface area contributed by atoms with Gasteiger partial charge in [-0.3, -0.25) is 0 Å². The molecular formula is C13H12BN. The van der Waals surface area contributed by atoms with E-state index in [0.29, 0.717) is 6.85 Å². The molecule has 1 aromatic rings. The van der Waals surface area contributed by atoms with Gasteiger partial charge in [0.2, 0.25) is 0 Å². The van der Waals surface area contributed by atoms with E-state index in [4.69, 9.17) is 0 Å². The van der Waals surface area contributed by atoms with Crippen LogP contribution in [0.25, 0.3) is 6.08 Å². The minimum atomic E-state index is 0.399. The van der Waals surface area contributed by atoms with Gasteiger partial charge in [-0.05, 0) is 42.5 Å². The van der Waals surface area contributed by atoms with E-state index < -0.39 is 0 Å². The van der Waals surface area contributed by atoms with Crippen LogP contribution in [0, 0.1) is 0 Å². The third-order valence-electron chi connectivity index (χ3n) is 3.06. The lowest BCUT2D eigenvalue weighted by Gasteiger charge is -2.32. The number of fused-ring (bicyclic) bond motifs is 3. The van der Waals surface area contributed by atoms with E-state index in [1.807, 2.05) is 0 Å². The fourth-order valence-electron chi connectivity index (χ4n) is 2.33. The first-order valence-corrected chi connectivity index (χ1v) is 5.26. The predicted octanol–water partition coefficient (Wildman–Crippen LogP) is 2.18.